The van der Waals surface area contributed by atoms with Crippen LogP contribution in [0.3, 0.4) is 0 Å². The lowest BCUT2D eigenvalue weighted by molar-refractivity contribution is -0.150. The minimum Gasteiger partial charge on any atom is -0.461 e. The van der Waals surface area contributed by atoms with Crippen molar-refractivity contribution in [3.63, 3.8) is 0 Å². The number of nitrogens with zero attached hydrogens (tertiary/aromatic N) is 3. The van der Waals surface area contributed by atoms with E-state index in [1.807, 2.05) is 0 Å². The SMILES string of the molecule is C=C/C=C\C=C/COP(=O)(N[C@@H](C)C(=O)OC1CCCC1)OC[C@H]1O[C@@](C)(c2ccc3c(N)ncnn23)[C@H](O)[C@@H]1O. The van der Waals surface area contributed by atoms with Crippen LogP contribution >= 0.6 is 7.75 Å². The third-order valence-electron chi connectivity index (χ3n) is 7.19. The van der Waals surface area contributed by atoms with Gasteiger partial charge in [0.1, 0.15) is 47.9 Å². The Balaban J connectivity index is 1.46. The van der Waals surface area contributed by atoms with E-state index >= 15 is 0 Å². The molecule has 2 fully saturated rings. The highest BCUT2D eigenvalue weighted by molar-refractivity contribution is 7.51. The molecule has 0 aromatic carbocycles. The lowest BCUT2D eigenvalue weighted by Gasteiger charge is -2.27. The fourth-order valence-corrected chi connectivity index (χ4v) is 6.35. The number of hydrogen-bond acceptors (Lipinski definition) is 11. The number of aromatic nitrogens is 3. The molecule has 3 heterocycles. The van der Waals surface area contributed by atoms with Crippen LogP contribution in [0.15, 0.2) is 55.4 Å². The maximum atomic E-state index is 13.7. The molecule has 1 saturated carbocycles. The molecule has 6 atom stereocenters. The standard InChI is InChI=1S/C27H38N5O8P/c1-4-5-6-7-10-15-37-41(36,31-18(2)26(35)39-19-11-8-9-12-19)38-16-21-23(33)24(34)27(3,40-21)22-14-13-20-25(28)29-17-30-32(20)22/h4-7,10,13-14,17-19,21,23-24,33-34H,1,8-9,11-12,15-16H2,2-3H3,(H,31,36)(H2,28,29,30)/b6-5-,10-7-/t18-,21+,23+,24+,27-,41?/m0/s1. The number of nitrogens with two attached hydrogens (primary N) is 1. The maximum absolute atomic E-state index is 13.7. The second-order valence-corrected chi connectivity index (χ2v) is 12.0. The van der Waals surface area contributed by atoms with Crippen molar-refractivity contribution in [2.24, 2.45) is 0 Å². The van der Waals surface area contributed by atoms with E-state index in [2.05, 4.69) is 21.7 Å². The van der Waals surface area contributed by atoms with Gasteiger partial charge in [-0.15, -0.1) is 0 Å². The lowest BCUT2D eigenvalue weighted by Crippen LogP contribution is -2.40. The topological polar surface area (TPSA) is 180 Å². The molecule has 0 spiro atoms. The number of fused-ring (bicyclic) bond motifs is 1. The highest BCUT2D eigenvalue weighted by atomic mass is 31.2. The predicted octanol–water partition coefficient (Wildman–Crippen LogP) is 2.55. The van der Waals surface area contributed by atoms with Crippen LogP contribution in [0, 0.1) is 0 Å². The first kappa shape index (κ1) is 31.0. The van der Waals surface area contributed by atoms with Crippen LogP contribution in [0.4, 0.5) is 5.82 Å². The number of rotatable bonds is 13. The molecule has 0 bridgehead atoms. The van der Waals surface area contributed by atoms with Crippen molar-refractivity contribution >= 4 is 25.1 Å². The molecule has 224 valence electrons. The summed E-state index contributed by atoms with van der Waals surface area (Å²) in [5, 5.41) is 28.7. The van der Waals surface area contributed by atoms with Crippen LogP contribution in [0.25, 0.3) is 5.52 Å². The number of anilines is 1. The summed E-state index contributed by atoms with van der Waals surface area (Å²) in [6.45, 7) is 6.15. The molecule has 14 heteroatoms. The number of allylic oxidation sites excluding steroid dienone is 4. The Morgan fingerprint density at radius 2 is 2.07 bits per heavy atom. The summed E-state index contributed by atoms with van der Waals surface area (Å²) < 4.78 is 38.0. The summed E-state index contributed by atoms with van der Waals surface area (Å²) in [5.74, 6) is -0.336. The zero-order valence-corrected chi connectivity index (χ0v) is 24.1. The molecular weight excluding hydrogens is 553 g/mol. The fourth-order valence-electron chi connectivity index (χ4n) is 4.92. The van der Waals surface area contributed by atoms with Gasteiger partial charge in [-0.05, 0) is 51.7 Å². The van der Waals surface area contributed by atoms with Gasteiger partial charge in [0, 0.05) is 0 Å². The van der Waals surface area contributed by atoms with Crippen molar-refractivity contribution in [1.82, 2.24) is 19.7 Å². The molecule has 2 aliphatic rings. The molecule has 1 aliphatic heterocycles. The van der Waals surface area contributed by atoms with E-state index in [0.29, 0.717) is 11.2 Å². The van der Waals surface area contributed by atoms with Gasteiger partial charge in [-0.3, -0.25) is 13.8 Å². The van der Waals surface area contributed by atoms with Gasteiger partial charge in [-0.25, -0.2) is 19.2 Å². The first-order chi connectivity index (χ1) is 19.6. The van der Waals surface area contributed by atoms with Gasteiger partial charge >= 0.3 is 13.7 Å². The van der Waals surface area contributed by atoms with E-state index in [-0.39, 0.29) is 18.5 Å². The maximum Gasteiger partial charge on any atom is 0.406 e. The number of carbonyl (C=O) groups is 1. The quantitative estimate of drug-likeness (QED) is 0.152. The molecular formula is C27H38N5O8P. The van der Waals surface area contributed by atoms with Crippen molar-refractivity contribution in [3.8, 4) is 0 Å². The Bertz CT molecular complexity index is 1330. The third-order valence-corrected chi connectivity index (χ3v) is 8.87. The van der Waals surface area contributed by atoms with E-state index in [4.69, 9.17) is 24.3 Å². The third kappa shape index (κ3) is 7.12. The van der Waals surface area contributed by atoms with Crippen molar-refractivity contribution < 1.29 is 38.1 Å². The number of nitrogens with one attached hydrogen (secondary N) is 1. The van der Waals surface area contributed by atoms with E-state index < -0.39 is 50.3 Å². The Morgan fingerprint density at radius 1 is 1.32 bits per heavy atom. The number of ether oxygens (including phenoxy) is 2. The van der Waals surface area contributed by atoms with Crippen molar-refractivity contribution in [2.45, 2.75) is 75.6 Å². The monoisotopic (exact) mass is 591 g/mol. The largest absolute Gasteiger partial charge is 0.461 e. The van der Waals surface area contributed by atoms with Crippen LogP contribution in [-0.4, -0.2) is 74.5 Å². The molecule has 0 radical (unpaired) electrons. The number of nitrogen functional groups attached to an aromatic ring is 1. The van der Waals surface area contributed by atoms with Crippen molar-refractivity contribution in [1.29, 1.82) is 0 Å². The van der Waals surface area contributed by atoms with Gasteiger partial charge in [-0.2, -0.15) is 5.10 Å². The Labute approximate surface area is 238 Å². The van der Waals surface area contributed by atoms with Crippen LogP contribution in [0.1, 0.15) is 45.2 Å². The van der Waals surface area contributed by atoms with E-state index in [9.17, 15) is 19.6 Å². The molecule has 1 aliphatic carbocycles. The minimum absolute atomic E-state index is 0.109. The normalized spacial score (nSPS) is 27.6. The minimum atomic E-state index is -4.14. The van der Waals surface area contributed by atoms with E-state index in [1.165, 1.54) is 17.8 Å². The summed E-state index contributed by atoms with van der Waals surface area (Å²) in [7, 11) is -4.14. The molecule has 5 N–H and O–H groups in total. The molecule has 2 aromatic rings. The molecule has 1 unspecified atom stereocenters. The van der Waals surface area contributed by atoms with Gasteiger partial charge in [0.2, 0.25) is 0 Å². The Hall–Kier alpha value is -2.90. The molecule has 1 saturated heterocycles. The average molecular weight is 592 g/mol. The number of aliphatic hydroxyl groups excluding tert-OH is 2. The number of aliphatic hydroxyl groups is 2. The van der Waals surface area contributed by atoms with Crippen LogP contribution < -0.4 is 10.8 Å². The zero-order valence-electron chi connectivity index (χ0n) is 23.2. The number of hydrogen-bond donors (Lipinski definition) is 4. The summed E-state index contributed by atoms with van der Waals surface area (Å²) in [6, 6.07) is 2.34. The smallest absolute Gasteiger partial charge is 0.406 e. The highest BCUT2D eigenvalue weighted by Gasteiger charge is 2.54. The van der Waals surface area contributed by atoms with Gasteiger partial charge < -0.3 is 25.4 Å². The number of esters is 1. The van der Waals surface area contributed by atoms with Gasteiger partial charge in [0.15, 0.2) is 5.82 Å². The molecule has 2 aromatic heterocycles. The summed E-state index contributed by atoms with van der Waals surface area (Å²) in [6.07, 6.45) is 9.07. The predicted molar refractivity (Wildman–Crippen MR) is 151 cm³/mol. The van der Waals surface area contributed by atoms with Gasteiger partial charge in [0.25, 0.3) is 0 Å². The zero-order chi connectivity index (χ0) is 29.6. The fraction of sp³-hybridized carbons (Fsp3) is 0.519. The second-order valence-electron chi connectivity index (χ2n) is 10.2. The van der Waals surface area contributed by atoms with Crippen LogP contribution in [-0.2, 0) is 33.5 Å². The van der Waals surface area contributed by atoms with Crippen molar-refractivity contribution in [2.75, 3.05) is 18.9 Å². The number of carbonyl (C=O) groups excluding carboxylic acids is 1. The van der Waals surface area contributed by atoms with Gasteiger partial charge in [0.05, 0.1) is 18.9 Å². The first-order valence-electron chi connectivity index (χ1n) is 13.5. The first-order valence-corrected chi connectivity index (χ1v) is 15.1. The molecule has 0 amide bonds. The lowest BCUT2D eigenvalue weighted by atomic mass is 9.93. The van der Waals surface area contributed by atoms with Crippen molar-refractivity contribution in [3.05, 3.63) is 61.1 Å². The molecule has 13 nitrogen and oxygen atoms in total. The van der Waals surface area contributed by atoms with Crippen LogP contribution in [0.5, 0.6) is 0 Å². The molecule has 4 rings (SSSR count). The van der Waals surface area contributed by atoms with E-state index in [1.54, 1.807) is 49.4 Å². The van der Waals surface area contributed by atoms with Crippen LogP contribution in [0.2, 0.25) is 0 Å². The Kier molecular flexibility index (Phi) is 10.1. The second kappa shape index (κ2) is 13.4. The average Bonchev–Trinajstić information content (AvgIpc) is 3.67. The van der Waals surface area contributed by atoms with E-state index in [0.717, 1.165) is 25.7 Å². The Morgan fingerprint density at radius 3 is 2.80 bits per heavy atom. The molecule has 41 heavy (non-hydrogen) atoms. The van der Waals surface area contributed by atoms with Gasteiger partial charge in [-0.1, -0.05) is 37.0 Å². The summed E-state index contributed by atoms with van der Waals surface area (Å²) in [5.41, 5.74) is 5.45. The highest BCUT2D eigenvalue weighted by Crippen LogP contribution is 2.47. The summed E-state index contributed by atoms with van der Waals surface area (Å²) in [4.78, 5) is 16.6. The summed E-state index contributed by atoms with van der Waals surface area (Å²) >= 11 is 0.